The number of likely N-dealkylation sites (tertiary alicyclic amines) is 1. The summed E-state index contributed by atoms with van der Waals surface area (Å²) in [6.07, 6.45) is -4.01. The van der Waals surface area contributed by atoms with Gasteiger partial charge in [0.25, 0.3) is 0 Å². The molecule has 1 aliphatic carbocycles. The normalized spacial score (nSPS) is 25.9. The molecule has 1 heterocycles. The van der Waals surface area contributed by atoms with E-state index >= 15 is 0 Å². The van der Waals surface area contributed by atoms with Crippen molar-refractivity contribution in [2.75, 3.05) is 6.54 Å². The molecule has 0 unspecified atom stereocenters. The lowest BCUT2D eigenvalue weighted by atomic mass is 10.2. The summed E-state index contributed by atoms with van der Waals surface area (Å²) in [5, 5.41) is 10.8. The Hall–Kier alpha value is -1.47. The number of aliphatic carboxylic acids is 1. The molecule has 8 heteroatoms. The predicted molar refractivity (Wildman–Crippen MR) is 53.9 cm³/mol. The highest BCUT2D eigenvalue weighted by molar-refractivity contribution is 5.84. The van der Waals surface area contributed by atoms with E-state index in [-0.39, 0.29) is 25.8 Å². The Morgan fingerprint density at radius 1 is 1.33 bits per heavy atom. The van der Waals surface area contributed by atoms with Gasteiger partial charge in [-0.2, -0.15) is 13.2 Å². The van der Waals surface area contributed by atoms with Crippen LogP contribution in [0.15, 0.2) is 0 Å². The SMILES string of the molecule is O=C(O)[C@@H]1CCCN1C(=O)NC1(C(F)(F)F)CC1. The number of urea groups is 1. The monoisotopic (exact) mass is 266 g/mol. The Kier molecular flexibility index (Phi) is 2.90. The van der Waals surface area contributed by atoms with Gasteiger partial charge in [0, 0.05) is 6.54 Å². The van der Waals surface area contributed by atoms with Gasteiger partial charge in [-0.15, -0.1) is 0 Å². The third-order valence-electron chi connectivity index (χ3n) is 3.44. The number of carbonyl (C=O) groups is 2. The smallest absolute Gasteiger partial charge is 0.411 e. The maximum absolute atomic E-state index is 12.6. The van der Waals surface area contributed by atoms with Gasteiger partial charge in [-0.3, -0.25) is 0 Å². The highest BCUT2D eigenvalue weighted by Gasteiger charge is 2.64. The van der Waals surface area contributed by atoms with Crippen LogP contribution in [-0.4, -0.2) is 46.3 Å². The molecule has 1 atom stereocenters. The fourth-order valence-electron chi connectivity index (χ4n) is 2.15. The lowest BCUT2D eigenvalue weighted by Crippen LogP contribution is -2.54. The first-order chi connectivity index (χ1) is 8.27. The van der Waals surface area contributed by atoms with Gasteiger partial charge in [0.1, 0.15) is 11.6 Å². The molecule has 0 aromatic carbocycles. The van der Waals surface area contributed by atoms with E-state index in [0.717, 1.165) is 4.90 Å². The minimum absolute atomic E-state index is 0.145. The first kappa shape index (κ1) is 13.0. The molecule has 102 valence electrons. The fraction of sp³-hybridized carbons (Fsp3) is 0.800. The van der Waals surface area contributed by atoms with E-state index in [4.69, 9.17) is 5.11 Å². The van der Waals surface area contributed by atoms with Crippen molar-refractivity contribution in [3.63, 3.8) is 0 Å². The molecule has 1 saturated carbocycles. The van der Waals surface area contributed by atoms with Crippen LogP contribution in [0.4, 0.5) is 18.0 Å². The lowest BCUT2D eigenvalue weighted by Gasteiger charge is -2.27. The average molecular weight is 266 g/mol. The predicted octanol–water partition coefficient (Wildman–Crippen LogP) is 1.34. The zero-order valence-electron chi connectivity index (χ0n) is 9.46. The van der Waals surface area contributed by atoms with Crippen molar-refractivity contribution in [1.29, 1.82) is 0 Å². The van der Waals surface area contributed by atoms with E-state index in [1.807, 2.05) is 5.32 Å². The molecule has 5 nitrogen and oxygen atoms in total. The summed E-state index contributed by atoms with van der Waals surface area (Å²) in [4.78, 5) is 23.5. The Labute approximate surface area is 101 Å². The number of carboxylic acid groups (broad SMARTS) is 1. The van der Waals surface area contributed by atoms with Crippen molar-refractivity contribution in [2.45, 2.75) is 43.4 Å². The van der Waals surface area contributed by atoms with Crippen LogP contribution in [0.2, 0.25) is 0 Å². The molecule has 1 saturated heterocycles. The number of nitrogens with one attached hydrogen (secondary N) is 1. The number of amides is 2. The molecule has 0 spiro atoms. The van der Waals surface area contributed by atoms with E-state index in [2.05, 4.69) is 0 Å². The van der Waals surface area contributed by atoms with Gasteiger partial charge >= 0.3 is 18.2 Å². The Morgan fingerprint density at radius 3 is 2.39 bits per heavy atom. The number of carbonyl (C=O) groups excluding carboxylic acids is 1. The van der Waals surface area contributed by atoms with Crippen LogP contribution in [0, 0.1) is 0 Å². The summed E-state index contributed by atoms with van der Waals surface area (Å²) in [6, 6.07) is -1.95. The Morgan fingerprint density at radius 2 is 1.94 bits per heavy atom. The van der Waals surface area contributed by atoms with Crippen molar-refractivity contribution in [1.82, 2.24) is 10.2 Å². The molecule has 0 bridgehead atoms. The molecule has 2 fully saturated rings. The second-order valence-electron chi connectivity index (χ2n) is 4.70. The molecular formula is C10H13F3N2O3. The van der Waals surface area contributed by atoms with Gasteiger partial charge in [0.15, 0.2) is 0 Å². The number of alkyl halides is 3. The topological polar surface area (TPSA) is 69.6 Å². The largest absolute Gasteiger partial charge is 0.480 e. The van der Waals surface area contributed by atoms with Crippen LogP contribution in [0.1, 0.15) is 25.7 Å². The minimum Gasteiger partial charge on any atom is -0.480 e. The van der Waals surface area contributed by atoms with Crippen molar-refractivity contribution >= 4 is 12.0 Å². The van der Waals surface area contributed by atoms with Crippen molar-refractivity contribution in [3.05, 3.63) is 0 Å². The number of rotatable bonds is 2. The van der Waals surface area contributed by atoms with Crippen LogP contribution >= 0.6 is 0 Å². The molecule has 0 aromatic heterocycles. The molecule has 2 N–H and O–H groups in total. The molecule has 0 aromatic rings. The third kappa shape index (κ3) is 2.11. The third-order valence-corrected chi connectivity index (χ3v) is 3.44. The van der Waals surface area contributed by atoms with Gasteiger partial charge in [0.2, 0.25) is 0 Å². The lowest BCUT2D eigenvalue weighted by molar-refractivity contribution is -0.163. The van der Waals surface area contributed by atoms with Gasteiger partial charge in [0.05, 0.1) is 0 Å². The highest BCUT2D eigenvalue weighted by atomic mass is 19.4. The summed E-state index contributed by atoms with van der Waals surface area (Å²) in [7, 11) is 0. The number of hydrogen-bond donors (Lipinski definition) is 2. The number of hydrogen-bond acceptors (Lipinski definition) is 2. The second-order valence-corrected chi connectivity index (χ2v) is 4.70. The average Bonchev–Trinajstić information content (AvgIpc) is 2.87. The second kappa shape index (κ2) is 4.03. The summed E-state index contributed by atoms with van der Waals surface area (Å²) in [5.74, 6) is -1.18. The number of carboxylic acids is 1. The standard InChI is InChI=1S/C10H13F3N2O3/c11-10(12,13)9(3-4-9)14-8(18)15-5-1-2-6(15)7(16)17/h6H,1-5H2,(H,14,18)(H,16,17)/t6-/m0/s1. The maximum atomic E-state index is 12.6. The van der Waals surface area contributed by atoms with E-state index in [9.17, 15) is 22.8 Å². The van der Waals surface area contributed by atoms with Gasteiger partial charge in [-0.1, -0.05) is 0 Å². The first-order valence-corrected chi connectivity index (χ1v) is 5.65. The van der Waals surface area contributed by atoms with E-state index in [1.165, 1.54) is 0 Å². The van der Waals surface area contributed by atoms with Crippen LogP contribution in [0.25, 0.3) is 0 Å². The molecular weight excluding hydrogens is 253 g/mol. The quantitative estimate of drug-likeness (QED) is 0.792. The van der Waals surface area contributed by atoms with Crippen molar-refractivity contribution in [3.8, 4) is 0 Å². The van der Waals surface area contributed by atoms with Crippen molar-refractivity contribution in [2.24, 2.45) is 0 Å². The molecule has 2 amide bonds. The van der Waals surface area contributed by atoms with E-state index < -0.39 is 29.8 Å². The maximum Gasteiger partial charge on any atom is 0.411 e. The molecule has 2 rings (SSSR count). The zero-order valence-corrected chi connectivity index (χ0v) is 9.46. The molecule has 0 radical (unpaired) electrons. The van der Waals surface area contributed by atoms with Gasteiger partial charge in [-0.25, -0.2) is 9.59 Å². The molecule has 18 heavy (non-hydrogen) atoms. The Bertz CT molecular complexity index is 379. The number of nitrogens with zero attached hydrogens (tertiary/aromatic N) is 1. The summed E-state index contributed by atoms with van der Waals surface area (Å²) in [5.41, 5.74) is -2.14. The summed E-state index contributed by atoms with van der Waals surface area (Å²) < 4.78 is 37.9. The molecule has 2 aliphatic rings. The van der Waals surface area contributed by atoms with Crippen LogP contribution < -0.4 is 5.32 Å². The fourth-order valence-corrected chi connectivity index (χ4v) is 2.15. The minimum atomic E-state index is -4.49. The van der Waals surface area contributed by atoms with E-state index in [0.29, 0.717) is 6.42 Å². The van der Waals surface area contributed by atoms with Crippen LogP contribution in [-0.2, 0) is 4.79 Å². The van der Waals surface area contributed by atoms with Crippen molar-refractivity contribution < 1.29 is 27.9 Å². The first-order valence-electron chi connectivity index (χ1n) is 5.65. The van der Waals surface area contributed by atoms with E-state index in [1.54, 1.807) is 0 Å². The summed E-state index contributed by atoms with van der Waals surface area (Å²) in [6.45, 7) is 0.177. The molecule has 1 aliphatic heterocycles. The van der Waals surface area contributed by atoms with Gasteiger partial charge in [-0.05, 0) is 25.7 Å². The van der Waals surface area contributed by atoms with Gasteiger partial charge < -0.3 is 15.3 Å². The van der Waals surface area contributed by atoms with Crippen LogP contribution in [0.3, 0.4) is 0 Å². The Balaban J connectivity index is 2.03. The number of halogens is 3. The summed E-state index contributed by atoms with van der Waals surface area (Å²) >= 11 is 0. The zero-order chi connectivity index (χ0) is 13.6. The van der Waals surface area contributed by atoms with Crippen LogP contribution in [0.5, 0.6) is 0 Å². The highest BCUT2D eigenvalue weighted by Crippen LogP contribution is 2.49.